The first-order chi connectivity index (χ1) is 10.2. The quantitative estimate of drug-likeness (QED) is 0.791. The van der Waals surface area contributed by atoms with Gasteiger partial charge in [-0.1, -0.05) is 18.2 Å². The second-order valence-corrected chi connectivity index (χ2v) is 6.26. The lowest BCUT2D eigenvalue weighted by molar-refractivity contribution is 0.199. The molecule has 1 aromatic rings. The molecule has 0 saturated carbocycles. The summed E-state index contributed by atoms with van der Waals surface area (Å²) in [4.78, 5) is 13.6. The van der Waals surface area contributed by atoms with Crippen molar-refractivity contribution in [2.45, 2.75) is 12.2 Å². The number of benzene rings is 1. The van der Waals surface area contributed by atoms with Crippen LogP contribution in [0.2, 0.25) is 0 Å². The van der Waals surface area contributed by atoms with Crippen molar-refractivity contribution in [2.24, 2.45) is 5.92 Å². The minimum atomic E-state index is -0.179. The summed E-state index contributed by atoms with van der Waals surface area (Å²) in [7, 11) is 0. The van der Waals surface area contributed by atoms with Gasteiger partial charge in [0.05, 0.1) is 0 Å². The van der Waals surface area contributed by atoms with Gasteiger partial charge in [-0.15, -0.1) is 0 Å². The Morgan fingerprint density at radius 2 is 2.29 bits per heavy atom. The molecule has 0 bridgehead atoms. The van der Waals surface area contributed by atoms with Crippen LogP contribution in [-0.2, 0) is 5.75 Å². The molecular formula is C15H21FN2O2S. The molecule has 21 heavy (non-hydrogen) atoms. The van der Waals surface area contributed by atoms with Crippen molar-refractivity contribution in [3.63, 3.8) is 0 Å². The molecule has 1 aliphatic rings. The van der Waals surface area contributed by atoms with E-state index in [9.17, 15) is 9.18 Å². The number of rotatable bonds is 6. The first-order valence-corrected chi connectivity index (χ1v) is 8.31. The molecule has 0 aromatic heterocycles. The number of carbonyl (C=O) groups excluding carboxylic acids is 1. The van der Waals surface area contributed by atoms with E-state index in [0.717, 1.165) is 12.2 Å². The number of hydrogen-bond acceptors (Lipinski definition) is 3. The van der Waals surface area contributed by atoms with Gasteiger partial charge in [0.15, 0.2) is 0 Å². The maximum atomic E-state index is 13.4. The fourth-order valence-electron chi connectivity index (χ4n) is 2.31. The molecular weight excluding hydrogens is 291 g/mol. The van der Waals surface area contributed by atoms with Gasteiger partial charge in [0.1, 0.15) is 5.82 Å². The zero-order valence-electron chi connectivity index (χ0n) is 11.9. The lowest BCUT2D eigenvalue weighted by Gasteiger charge is -2.16. The zero-order valence-corrected chi connectivity index (χ0v) is 12.7. The predicted octanol–water partition coefficient (Wildman–Crippen LogP) is 2.08. The maximum Gasteiger partial charge on any atom is 0.317 e. The van der Waals surface area contributed by atoms with Crippen LogP contribution < -0.4 is 5.32 Å². The third-order valence-electron chi connectivity index (χ3n) is 3.57. The minimum Gasteiger partial charge on any atom is -0.396 e. The van der Waals surface area contributed by atoms with Gasteiger partial charge >= 0.3 is 6.03 Å². The molecule has 1 aliphatic heterocycles. The van der Waals surface area contributed by atoms with E-state index in [1.807, 2.05) is 6.07 Å². The van der Waals surface area contributed by atoms with E-state index in [0.29, 0.717) is 31.0 Å². The third kappa shape index (κ3) is 4.89. The van der Waals surface area contributed by atoms with Crippen molar-refractivity contribution in [1.82, 2.24) is 10.2 Å². The molecule has 2 amide bonds. The highest BCUT2D eigenvalue weighted by Crippen LogP contribution is 2.16. The monoisotopic (exact) mass is 312 g/mol. The number of amides is 2. The summed E-state index contributed by atoms with van der Waals surface area (Å²) < 4.78 is 13.4. The van der Waals surface area contributed by atoms with Gasteiger partial charge in [0.2, 0.25) is 0 Å². The van der Waals surface area contributed by atoms with Crippen molar-refractivity contribution >= 4 is 17.8 Å². The third-order valence-corrected chi connectivity index (χ3v) is 4.58. The van der Waals surface area contributed by atoms with Crippen molar-refractivity contribution < 1.29 is 14.3 Å². The van der Waals surface area contributed by atoms with Crippen LogP contribution in [0.25, 0.3) is 0 Å². The summed E-state index contributed by atoms with van der Waals surface area (Å²) in [6, 6.07) is 6.67. The first kappa shape index (κ1) is 16.1. The van der Waals surface area contributed by atoms with Crippen molar-refractivity contribution in [3.8, 4) is 0 Å². The number of halogens is 1. The standard InChI is InChI=1S/C15H21FN2O2S/c16-14-4-2-1-3-13(14)11-21-8-6-17-15(20)18-7-5-12(9-18)10-19/h1-4,12,19H,5-11H2,(H,17,20). The van der Waals surface area contributed by atoms with Gasteiger partial charge in [-0.25, -0.2) is 9.18 Å². The van der Waals surface area contributed by atoms with Crippen molar-refractivity contribution in [2.75, 3.05) is 32.0 Å². The summed E-state index contributed by atoms with van der Waals surface area (Å²) in [6.07, 6.45) is 0.867. The summed E-state index contributed by atoms with van der Waals surface area (Å²) in [5.74, 6) is 1.39. The molecule has 1 aromatic carbocycles. The van der Waals surface area contributed by atoms with Gasteiger partial charge in [-0.2, -0.15) is 11.8 Å². The average molecular weight is 312 g/mol. The highest BCUT2D eigenvalue weighted by atomic mass is 32.2. The second-order valence-electron chi connectivity index (χ2n) is 5.16. The van der Waals surface area contributed by atoms with Gasteiger partial charge in [-0.3, -0.25) is 0 Å². The maximum absolute atomic E-state index is 13.4. The molecule has 116 valence electrons. The molecule has 1 fully saturated rings. The number of urea groups is 1. The number of likely N-dealkylation sites (tertiary alicyclic amines) is 1. The van der Waals surface area contributed by atoms with Crippen LogP contribution in [0, 0.1) is 11.7 Å². The van der Waals surface area contributed by atoms with Gasteiger partial charge < -0.3 is 15.3 Å². The topological polar surface area (TPSA) is 52.6 Å². The number of nitrogens with zero attached hydrogens (tertiary/aromatic N) is 1. The number of aliphatic hydroxyl groups is 1. The van der Waals surface area contributed by atoms with E-state index < -0.39 is 0 Å². The Morgan fingerprint density at radius 3 is 3.00 bits per heavy atom. The fraction of sp³-hybridized carbons (Fsp3) is 0.533. The fourth-order valence-corrected chi connectivity index (χ4v) is 3.15. The lowest BCUT2D eigenvalue weighted by atomic mass is 10.1. The Labute approximate surface area is 128 Å². The van der Waals surface area contributed by atoms with E-state index >= 15 is 0 Å². The molecule has 2 rings (SSSR count). The molecule has 1 heterocycles. The van der Waals surface area contributed by atoms with Crippen molar-refractivity contribution in [1.29, 1.82) is 0 Å². The van der Waals surface area contributed by atoms with Crippen LogP contribution >= 0.6 is 11.8 Å². The van der Waals surface area contributed by atoms with Crippen molar-refractivity contribution in [3.05, 3.63) is 35.6 Å². The molecule has 0 spiro atoms. The smallest absolute Gasteiger partial charge is 0.317 e. The van der Waals surface area contributed by atoms with Crippen LogP contribution in [0.4, 0.5) is 9.18 Å². The second kappa shape index (κ2) is 8.24. The van der Waals surface area contributed by atoms with E-state index in [1.54, 1.807) is 28.8 Å². The summed E-state index contributed by atoms with van der Waals surface area (Å²) in [5, 5.41) is 11.9. The van der Waals surface area contributed by atoms with Crippen LogP contribution in [0.15, 0.2) is 24.3 Å². The molecule has 1 saturated heterocycles. The number of aliphatic hydroxyl groups excluding tert-OH is 1. The Morgan fingerprint density at radius 1 is 1.48 bits per heavy atom. The Bertz CT molecular complexity index is 473. The lowest BCUT2D eigenvalue weighted by Crippen LogP contribution is -2.39. The molecule has 1 atom stereocenters. The minimum absolute atomic E-state index is 0.0718. The van der Waals surface area contributed by atoms with Crippen LogP contribution in [-0.4, -0.2) is 48.0 Å². The van der Waals surface area contributed by atoms with E-state index in [2.05, 4.69) is 5.32 Å². The van der Waals surface area contributed by atoms with Gasteiger partial charge in [0, 0.05) is 43.7 Å². The molecule has 1 unspecified atom stereocenters. The molecule has 6 heteroatoms. The van der Waals surface area contributed by atoms with Crippen LogP contribution in [0.1, 0.15) is 12.0 Å². The van der Waals surface area contributed by atoms with E-state index in [1.165, 1.54) is 6.07 Å². The van der Waals surface area contributed by atoms with E-state index in [4.69, 9.17) is 5.11 Å². The van der Waals surface area contributed by atoms with E-state index in [-0.39, 0.29) is 24.4 Å². The SMILES string of the molecule is O=C(NCCSCc1ccccc1F)N1CCC(CO)C1. The molecule has 2 N–H and O–H groups in total. The Balaban J connectivity index is 1.60. The largest absolute Gasteiger partial charge is 0.396 e. The van der Waals surface area contributed by atoms with Gasteiger partial charge in [-0.05, 0) is 18.1 Å². The van der Waals surface area contributed by atoms with Crippen LogP contribution in [0.5, 0.6) is 0 Å². The summed E-state index contributed by atoms with van der Waals surface area (Å²) >= 11 is 1.60. The highest BCUT2D eigenvalue weighted by Gasteiger charge is 2.25. The number of hydrogen-bond donors (Lipinski definition) is 2. The zero-order chi connectivity index (χ0) is 15.1. The van der Waals surface area contributed by atoms with Crippen LogP contribution in [0.3, 0.4) is 0 Å². The normalized spacial score (nSPS) is 18.0. The summed E-state index contributed by atoms with van der Waals surface area (Å²) in [5.41, 5.74) is 0.694. The van der Waals surface area contributed by atoms with Gasteiger partial charge in [0.25, 0.3) is 0 Å². The highest BCUT2D eigenvalue weighted by molar-refractivity contribution is 7.98. The Kier molecular flexibility index (Phi) is 6.32. The number of thioether (sulfide) groups is 1. The molecule has 4 nitrogen and oxygen atoms in total. The first-order valence-electron chi connectivity index (χ1n) is 7.15. The molecule has 0 aliphatic carbocycles. The number of nitrogens with one attached hydrogen (secondary N) is 1. The Hall–Kier alpha value is -1.27. The summed E-state index contributed by atoms with van der Waals surface area (Å²) in [6.45, 7) is 2.05. The predicted molar refractivity (Wildman–Crippen MR) is 82.7 cm³/mol. The molecule has 0 radical (unpaired) electrons. The number of carbonyl (C=O) groups is 1. The average Bonchev–Trinajstić information content (AvgIpc) is 2.97.